The van der Waals surface area contributed by atoms with Gasteiger partial charge in [0.2, 0.25) is 11.8 Å². The fourth-order valence-corrected chi connectivity index (χ4v) is 3.20. The number of likely N-dealkylation sites (N-methyl/N-ethyl adjacent to an activating group) is 1. The van der Waals surface area contributed by atoms with Crippen molar-refractivity contribution < 1.29 is 14.0 Å². The van der Waals surface area contributed by atoms with E-state index in [9.17, 15) is 14.0 Å². The summed E-state index contributed by atoms with van der Waals surface area (Å²) in [5.74, 6) is -0.841. The third kappa shape index (κ3) is 3.90. The third-order valence-electron chi connectivity index (χ3n) is 4.39. The van der Waals surface area contributed by atoms with E-state index >= 15 is 0 Å². The molecule has 0 spiro atoms. The average molecular weight is 405 g/mol. The lowest BCUT2D eigenvalue weighted by atomic mass is 9.94. The van der Waals surface area contributed by atoms with Crippen LogP contribution in [0, 0.1) is 5.82 Å². The first-order valence-electron chi connectivity index (χ1n) is 7.98. The van der Waals surface area contributed by atoms with Gasteiger partial charge in [0.05, 0.1) is 12.0 Å². The Morgan fingerprint density at radius 3 is 2.48 bits per heavy atom. The number of hydrogen-bond acceptors (Lipinski definition) is 2. The quantitative estimate of drug-likeness (QED) is 0.825. The highest BCUT2D eigenvalue weighted by Gasteiger charge is 2.52. The monoisotopic (exact) mass is 404 g/mol. The molecule has 0 atom stereocenters. The van der Waals surface area contributed by atoms with Gasteiger partial charge in [-0.2, -0.15) is 0 Å². The molecule has 0 heterocycles. The maximum absolute atomic E-state index is 13.2. The Kier molecular flexibility index (Phi) is 4.90. The number of halogens is 2. The van der Waals surface area contributed by atoms with Gasteiger partial charge in [-0.05, 0) is 48.7 Å². The molecule has 0 aromatic heterocycles. The number of amides is 2. The molecule has 130 valence electrons. The highest BCUT2D eigenvalue weighted by Crippen LogP contribution is 2.49. The molecule has 1 N–H and O–H groups in total. The number of hydrogen-bond donors (Lipinski definition) is 1. The zero-order chi connectivity index (χ0) is 18.0. The summed E-state index contributed by atoms with van der Waals surface area (Å²) in [5.41, 5.74) is 0.826. The van der Waals surface area contributed by atoms with Crippen LogP contribution in [0.5, 0.6) is 0 Å². The highest BCUT2D eigenvalue weighted by atomic mass is 79.9. The molecule has 3 rings (SSSR count). The summed E-state index contributed by atoms with van der Waals surface area (Å²) in [7, 11) is 1.62. The van der Waals surface area contributed by atoms with Crippen molar-refractivity contribution in [1.82, 2.24) is 4.90 Å². The fraction of sp³-hybridized carbons (Fsp3) is 0.263. The molecule has 0 saturated heterocycles. The molecular formula is C19H18BrFN2O2. The van der Waals surface area contributed by atoms with Gasteiger partial charge in [0.25, 0.3) is 0 Å². The second-order valence-corrected chi connectivity index (χ2v) is 7.22. The second kappa shape index (κ2) is 6.96. The predicted molar refractivity (Wildman–Crippen MR) is 97.7 cm³/mol. The number of nitrogens with zero attached hydrogens (tertiary/aromatic N) is 1. The van der Waals surface area contributed by atoms with Crippen LogP contribution in [0.4, 0.5) is 10.1 Å². The van der Waals surface area contributed by atoms with Crippen molar-refractivity contribution in [3.63, 3.8) is 0 Å². The van der Waals surface area contributed by atoms with Crippen molar-refractivity contribution in [2.45, 2.75) is 18.3 Å². The number of anilines is 1. The Morgan fingerprint density at radius 1 is 1.20 bits per heavy atom. The molecule has 0 unspecified atom stereocenters. The lowest BCUT2D eigenvalue weighted by molar-refractivity contribution is -0.135. The van der Waals surface area contributed by atoms with Crippen molar-refractivity contribution in [2.75, 3.05) is 18.9 Å². The summed E-state index contributed by atoms with van der Waals surface area (Å²) in [6, 6.07) is 13.4. The van der Waals surface area contributed by atoms with Crippen molar-refractivity contribution in [1.29, 1.82) is 0 Å². The van der Waals surface area contributed by atoms with E-state index in [4.69, 9.17) is 0 Å². The molecule has 4 nitrogen and oxygen atoms in total. The van der Waals surface area contributed by atoms with Crippen LogP contribution >= 0.6 is 15.9 Å². The fourth-order valence-electron chi connectivity index (χ4n) is 2.94. The average Bonchev–Trinajstić information content (AvgIpc) is 3.36. The van der Waals surface area contributed by atoms with Gasteiger partial charge in [0.1, 0.15) is 5.82 Å². The lowest BCUT2D eigenvalue weighted by Gasteiger charge is -2.23. The second-order valence-electron chi connectivity index (χ2n) is 6.31. The van der Waals surface area contributed by atoms with Gasteiger partial charge >= 0.3 is 0 Å². The number of carbonyl (C=O) groups excluding carboxylic acids is 2. The van der Waals surface area contributed by atoms with E-state index in [2.05, 4.69) is 21.2 Å². The normalized spacial score (nSPS) is 14.7. The van der Waals surface area contributed by atoms with Crippen LogP contribution in [0.1, 0.15) is 18.4 Å². The molecule has 6 heteroatoms. The zero-order valence-electron chi connectivity index (χ0n) is 13.8. The van der Waals surface area contributed by atoms with Crippen LogP contribution in [0.25, 0.3) is 0 Å². The van der Waals surface area contributed by atoms with Crippen LogP contribution in [-0.4, -0.2) is 30.3 Å². The molecule has 2 aromatic rings. The standard InChI is InChI=1S/C19H18BrFN2O2/c1-23(12-17(24)22-16-4-2-3-15(21)11-16)18(25)19(9-10-19)13-5-7-14(20)8-6-13/h2-8,11H,9-10,12H2,1H3,(H,22,24). The largest absolute Gasteiger partial charge is 0.336 e. The van der Waals surface area contributed by atoms with Crippen LogP contribution in [-0.2, 0) is 15.0 Å². The predicted octanol–water partition coefficient (Wildman–Crippen LogP) is 3.72. The van der Waals surface area contributed by atoms with Gasteiger partial charge < -0.3 is 10.2 Å². The first kappa shape index (κ1) is 17.6. The minimum absolute atomic E-state index is 0.0655. The molecule has 2 aromatic carbocycles. The first-order valence-corrected chi connectivity index (χ1v) is 8.77. The summed E-state index contributed by atoms with van der Waals surface area (Å²) in [5, 5.41) is 2.61. The van der Waals surface area contributed by atoms with E-state index in [1.54, 1.807) is 13.1 Å². The topological polar surface area (TPSA) is 49.4 Å². The van der Waals surface area contributed by atoms with Gasteiger partial charge in [-0.15, -0.1) is 0 Å². The van der Waals surface area contributed by atoms with Crippen LogP contribution in [0.15, 0.2) is 53.0 Å². The Balaban J connectivity index is 1.64. The summed E-state index contributed by atoms with van der Waals surface area (Å²) in [6.45, 7) is -0.0758. The molecule has 1 saturated carbocycles. The van der Waals surface area contributed by atoms with E-state index in [-0.39, 0.29) is 18.4 Å². The van der Waals surface area contributed by atoms with E-state index in [0.29, 0.717) is 5.69 Å². The molecule has 1 aliphatic carbocycles. The van der Waals surface area contributed by atoms with Crippen LogP contribution in [0.3, 0.4) is 0 Å². The SMILES string of the molecule is CN(CC(=O)Nc1cccc(F)c1)C(=O)C1(c2ccc(Br)cc2)CC1. The maximum atomic E-state index is 13.2. The molecule has 25 heavy (non-hydrogen) atoms. The maximum Gasteiger partial charge on any atom is 0.243 e. The first-order chi connectivity index (χ1) is 11.9. The molecule has 1 fully saturated rings. The van der Waals surface area contributed by atoms with E-state index in [1.807, 2.05) is 24.3 Å². The number of nitrogens with one attached hydrogen (secondary N) is 1. The van der Waals surface area contributed by atoms with E-state index < -0.39 is 11.2 Å². The van der Waals surface area contributed by atoms with Gasteiger partial charge in [-0.25, -0.2) is 4.39 Å². The van der Waals surface area contributed by atoms with Gasteiger partial charge in [-0.1, -0.05) is 34.1 Å². The third-order valence-corrected chi connectivity index (χ3v) is 4.92. The van der Waals surface area contributed by atoms with Crippen molar-refractivity contribution in [3.05, 3.63) is 64.4 Å². The Labute approximate surface area is 154 Å². The number of benzene rings is 2. The Hall–Kier alpha value is -2.21. The van der Waals surface area contributed by atoms with Crippen LogP contribution < -0.4 is 5.32 Å². The molecule has 0 radical (unpaired) electrons. The van der Waals surface area contributed by atoms with Gasteiger partial charge in [-0.3, -0.25) is 9.59 Å². The molecule has 1 aliphatic rings. The number of rotatable bonds is 5. The summed E-state index contributed by atoms with van der Waals surface area (Å²) in [4.78, 5) is 26.4. The Morgan fingerprint density at radius 2 is 1.88 bits per heavy atom. The Bertz CT molecular complexity index is 803. The smallest absolute Gasteiger partial charge is 0.243 e. The molecule has 0 bridgehead atoms. The lowest BCUT2D eigenvalue weighted by Crippen LogP contribution is -2.41. The highest BCUT2D eigenvalue weighted by molar-refractivity contribution is 9.10. The van der Waals surface area contributed by atoms with E-state index in [1.165, 1.54) is 23.1 Å². The summed E-state index contributed by atoms with van der Waals surface area (Å²) >= 11 is 3.39. The molecule has 2 amide bonds. The zero-order valence-corrected chi connectivity index (χ0v) is 15.3. The van der Waals surface area contributed by atoms with Gasteiger partial charge in [0.15, 0.2) is 0 Å². The van der Waals surface area contributed by atoms with Crippen molar-refractivity contribution >= 4 is 33.4 Å². The summed E-state index contributed by atoms with van der Waals surface area (Å²) < 4.78 is 14.1. The van der Waals surface area contributed by atoms with Gasteiger partial charge in [0, 0.05) is 17.2 Å². The number of carbonyl (C=O) groups is 2. The van der Waals surface area contributed by atoms with Crippen molar-refractivity contribution in [2.24, 2.45) is 0 Å². The van der Waals surface area contributed by atoms with Crippen LogP contribution in [0.2, 0.25) is 0 Å². The minimum Gasteiger partial charge on any atom is -0.336 e. The van der Waals surface area contributed by atoms with E-state index in [0.717, 1.165) is 22.9 Å². The summed E-state index contributed by atoms with van der Waals surface area (Å²) in [6.07, 6.45) is 1.56. The molecular weight excluding hydrogens is 387 g/mol. The van der Waals surface area contributed by atoms with Crippen molar-refractivity contribution in [3.8, 4) is 0 Å². The minimum atomic E-state index is -0.519. The molecule has 0 aliphatic heterocycles.